The standard InChI is InChI=1S/C11H18O/c1-6(2)4-11-5-7-3-8(11)9(11)10(7)12/h6-10,12H,3-5H2,1-2H3. The van der Waals surface area contributed by atoms with Gasteiger partial charge in [0.05, 0.1) is 6.10 Å². The molecule has 4 aliphatic rings. The third-order valence-corrected chi connectivity index (χ3v) is 4.56. The van der Waals surface area contributed by atoms with Gasteiger partial charge in [-0.25, -0.2) is 0 Å². The molecule has 0 spiro atoms. The second kappa shape index (κ2) is 1.89. The van der Waals surface area contributed by atoms with Crippen molar-refractivity contribution < 1.29 is 5.11 Å². The van der Waals surface area contributed by atoms with Crippen molar-refractivity contribution in [3.05, 3.63) is 0 Å². The average Bonchev–Trinajstić information content (AvgIpc) is 2.27. The molecule has 1 N–H and O–H groups in total. The molecule has 1 heteroatoms. The third kappa shape index (κ3) is 0.618. The van der Waals surface area contributed by atoms with Crippen LogP contribution >= 0.6 is 0 Å². The summed E-state index contributed by atoms with van der Waals surface area (Å²) >= 11 is 0. The molecule has 4 bridgehead atoms. The van der Waals surface area contributed by atoms with Gasteiger partial charge in [-0.3, -0.25) is 0 Å². The van der Waals surface area contributed by atoms with Gasteiger partial charge in [-0.2, -0.15) is 0 Å². The Hall–Kier alpha value is -0.0400. The Labute approximate surface area is 74.2 Å². The zero-order valence-electron chi connectivity index (χ0n) is 7.96. The van der Waals surface area contributed by atoms with Crippen molar-refractivity contribution in [1.29, 1.82) is 0 Å². The van der Waals surface area contributed by atoms with E-state index in [4.69, 9.17) is 0 Å². The first-order chi connectivity index (χ1) is 5.65. The van der Waals surface area contributed by atoms with Crippen LogP contribution in [0, 0.1) is 29.1 Å². The Morgan fingerprint density at radius 2 is 2.25 bits per heavy atom. The van der Waals surface area contributed by atoms with Gasteiger partial charge in [-0.15, -0.1) is 0 Å². The summed E-state index contributed by atoms with van der Waals surface area (Å²) < 4.78 is 0. The Morgan fingerprint density at radius 1 is 1.50 bits per heavy atom. The fourth-order valence-corrected chi connectivity index (χ4v) is 4.44. The number of hydrogen-bond donors (Lipinski definition) is 1. The highest BCUT2D eigenvalue weighted by Gasteiger charge is 2.77. The van der Waals surface area contributed by atoms with Crippen molar-refractivity contribution in [3.8, 4) is 0 Å². The van der Waals surface area contributed by atoms with E-state index in [2.05, 4.69) is 13.8 Å². The van der Waals surface area contributed by atoms with Crippen molar-refractivity contribution in [2.24, 2.45) is 29.1 Å². The lowest BCUT2D eigenvalue weighted by molar-refractivity contribution is 0.133. The lowest BCUT2D eigenvalue weighted by Crippen LogP contribution is -2.10. The van der Waals surface area contributed by atoms with Gasteiger partial charge in [0.1, 0.15) is 0 Å². The molecular formula is C11H18O. The summed E-state index contributed by atoms with van der Waals surface area (Å²) in [6.07, 6.45) is 4.16. The molecule has 0 aromatic rings. The van der Waals surface area contributed by atoms with E-state index in [1.165, 1.54) is 19.3 Å². The lowest BCUT2D eigenvalue weighted by atomic mass is 9.92. The zero-order valence-corrected chi connectivity index (χ0v) is 7.96. The molecule has 1 nitrogen and oxygen atoms in total. The van der Waals surface area contributed by atoms with Crippen LogP contribution in [0.25, 0.3) is 0 Å². The van der Waals surface area contributed by atoms with Crippen LogP contribution in [0.2, 0.25) is 0 Å². The molecule has 0 radical (unpaired) electrons. The van der Waals surface area contributed by atoms with Gasteiger partial charge in [0.15, 0.2) is 0 Å². The van der Waals surface area contributed by atoms with Gasteiger partial charge >= 0.3 is 0 Å². The summed E-state index contributed by atoms with van der Waals surface area (Å²) in [5.74, 6) is 3.17. The summed E-state index contributed by atoms with van der Waals surface area (Å²) in [5, 5.41) is 9.83. The third-order valence-electron chi connectivity index (χ3n) is 4.56. The topological polar surface area (TPSA) is 20.2 Å². The quantitative estimate of drug-likeness (QED) is 0.665. The molecule has 5 unspecified atom stereocenters. The first-order valence-electron chi connectivity index (χ1n) is 5.33. The molecule has 0 aromatic heterocycles. The predicted molar refractivity (Wildman–Crippen MR) is 47.6 cm³/mol. The maximum atomic E-state index is 9.83. The monoisotopic (exact) mass is 166 g/mol. The van der Waals surface area contributed by atoms with Crippen LogP contribution in [0.15, 0.2) is 0 Å². The maximum Gasteiger partial charge on any atom is 0.0605 e. The SMILES string of the molecule is CC(C)CC12CC3CC1C2C3O. The van der Waals surface area contributed by atoms with Crippen LogP contribution in [0.1, 0.15) is 33.1 Å². The largest absolute Gasteiger partial charge is 0.393 e. The zero-order chi connectivity index (χ0) is 8.51. The molecule has 12 heavy (non-hydrogen) atoms. The van der Waals surface area contributed by atoms with Crippen molar-refractivity contribution in [2.75, 3.05) is 0 Å². The predicted octanol–water partition coefficient (Wildman–Crippen LogP) is 2.05. The minimum absolute atomic E-state index is 0.0914. The molecule has 0 saturated heterocycles. The Morgan fingerprint density at radius 3 is 2.58 bits per heavy atom. The van der Waals surface area contributed by atoms with Gasteiger partial charge in [-0.1, -0.05) is 13.8 Å². The molecule has 5 atom stereocenters. The van der Waals surface area contributed by atoms with Crippen LogP contribution in [0.5, 0.6) is 0 Å². The maximum absolute atomic E-state index is 9.83. The van der Waals surface area contributed by atoms with Gasteiger partial charge in [0, 0.05) is 0 Å². The van der Waals surface area contributed by atoms with Crippen LogP contribution in [-0.4, -0.2) is 11.2 Å². The number of aliphatic hydroxyl groups is 1. The van der Waals surface area contributed by atoms with E-state index in [9.17, 15) is 5.11 Å². The van der Waals surface area contributed by atoms with E-state index in [0.29, 0.717) is 11.3 Å². The van der Waals surface area contributed by atoms with Gasteiger partial charge in [-0.05, 0) is 48.3 Å². The molecule has 0 heterocycles. The van der Waals surface area contributed by atoms with Crippen LogP contribution < -0.4 is 0 Å². The first kappa shape index (κ1) is 7.37. The van der Waals surface area contributed by atoms with E-state index >= 15 is 0 Å². The second-order valence-corrected chi connectivity index (χ2v) is 5.65. The molecule has 68 valence electrons. The summed E-state index contributed by atoms with van der Waals surface area (Å²) in [6.45, 7) is 4.62. The number of hydrogen-bond acceptors (Lipinski definition) is 1. The van der Waals surface area contributed by atoms with E-state index in [0.717, 1.165) is 17.8 Å². The lowest BCUT2D eigenvalue weighted by Gasteiger charge is -2.13. The van der Waals surface area contributed by atoms with E-state index in [1.807, 2.05) is 0 Å². The highest BCUT2D eigenvalue weighted by atomic mass is 16.3. The van der Waals surface area contributed by atoms with Crippen LogP contribution in [0.4, 0.5) is 0 Å². The summed E-state index contributed by atoms with van der Waals surface area (Å²) in [6, 6.07) is 0. The molecular weight excluding hydrogens is 148 g/mol. The van der Waals surface area contributed by atoms with E-state index < -0.39 is 0 Å². The molecule has 4 aliphatic carbocycles. The molecule has 4 rings (SSSR count). The van der Waals surface area contributed by atoms with Gasteiger partial charge in [0.25, 0.3) is 0 Å². The highest BCUT2D eigenvalue weighted by molar-refractivity contribution is 5.26. The number of rotatable bonds is 2. The minimum atomic E-state index is 0.0914. The van der Waals surface area contributed by atoms with Crippen LogP contribution in [-0.2, 0) is 0 Å². The highest BCUT2D eigenvalue weighted by Crippen LogP contribution is 2.80. The smallest absolute Gasteiger partial charge is 0.0605 e. The normalized spacial score (nSPS) is 60.0. The minimum Gasteiger partial charge on any atom is -0.393 e. The van der Waals surface area contributed by atoms with Crippen LogP contribution in [0.3, 0.4) is 0 Å². The second-order valence-electron chi connectivity index (χ2n) is 5.65. The van der Waals surface area contributed by atoms with Gasteiger partial charge < -0.3 is 5.11 Å². The molecule has 4 fully saturated rings. The van der Waals surface area contributed by atoms with Crippen molar-refractivity contribution in [2.45, 2.75) is 39.2 Å². The summed E-state index contributed by atoms with van der Waals surface area (Å²) in [4.78, 5) is 0. The Balaban J connectivity index is 1.82. The van der Waals surface area contributed by atoms with Crippen molar-refractivity contribution in [3.63, 3.8) is 0 Å². The fourth-order valence-electron chi connectivity index (χ4n) is 4.44. The summed E-state index contributed by atoms with van der Waals surface area (Å²) in [7, 11) is 0. The van der Waals surface area contributed by atoms with Gasteiger partial charge in [0.2, 0.25) is 0 Å². The molecule has 0 aromatic carbocycles. The molecule has 4 saturated carbocycles. The Bertz CT molecular complexity index is 223. The number of aliphatic hydroxyl groups excluding tert-OH is 1. The van der Waals surface area contributed by atoms with Crippen molar-refractivity contribution in [1.82, 2.24) is 0 Å². The molecule has 0 amide bonds. The average molecular weight is 166 g/mol. The summed E-state index contributed by atoms with van der Waals surface area (Å²) in [5.41, 5.74) is 0.637. The first-order valence-corrected chi connectivity index (χ1v) is 5.33. The fraction of sp³-hybridized carbons (Fsp3) is 1.00. The molecule has 0 aliphatic heterocycles. The Kier molecular flexibility index (Phi) is 1.16. The van der Waals surface area contributed by atoms with E-state index in [-0.39, 0.29) is 6.10 Å². The van der Waals surface area contributed by atoms with E-state index in [1.54, 1.807) is 0 Å². The van der Waals surface area contributed by atoms with Crippen molar-refractivity contribution >= 4 is 0 Å².